The Kier molecular flexibility index (Phi) is 10.4. The summed E-state index contributed by atoms with van der Waals surface area (Å²) >= 11 is 3.24. The third kappa shape index (κ3) is 8.48. The van der Waals surface area contributed by atoms with Crippen LogP contribution in [0.2, 0.25) is 0 Å². The molecule has 0 unspecified atom stereocenters. The van der Waals surface area contributed by atoms with Crippen molar-refractivity contribution in [3.63, 3.8) is 0 Å². The van der Waals surface area contributed by atoms with Crippen LogP contribution in [-0.4, -0.2) is 17.0 Å². The standard InChI is InChI=1S/C19H28BrNO3/c1-2-3-4-5-6-7-8-9-10-11-18(22)21-17-13-12-15(20)14-16(17)19(23)24/h12-14H,2-11H2,1H3,(H,21,22)(H,23,24). The van der Waals surface area contributed by atoms with Gasteiger partial charge in [-0.05, 0) is 24.6 Å². The lowest BCUT2D eigenvalue weighted by Gasteiger charge is -2.09. The van der Waals surface area contributed by atoms with Gasteiger partial charge in [-0.15, -0.1) is 0 Å². The molecule has 2 N–H and O–H groups in total. The Bertz CT molecular complexity index is 531. The van der Waals surface area contributed by atoms with Crippen LogP contribution >= 0.6 is 15.9 Å². The monoisotopic (exact) mass is 397 g/mol. The molecule has 1 amide bonds. The highest BCUT2D eigenvalue weighted by Crippen LogP contribution is 2.21. The average molecular weight is 398 g/mol. The number of aromatic carboxylic acids is 1. The minimum absolute atomic E-state index is 0.102. The predicted octanol–water partition coefficient (Wildman–Crippen LogP) is 6.01. The summed E-state index contributed by atoms with van der Waals surface area (Å²) in [5, 5.41) is 11.9. The van der Waals surface area contributed by atoms with E-state index in [4.69, 9.17) is 0 Å². The van der Waals surface area contributed by atoms with E-state index in [-0.39, 0.29) is 11.5 Å². The van der Waals surface area contributed by atoms with E-state index < -0.39 is 5.97 Å². The number of halogens is 1. The van der Waals surface area contributed by atoms with E-state index in [1.807, 2.05) is 0 Å². The van der Waals surface area contributed by atoms with E-state index >= 15 is 0 Å². The van der Waals surface area contributed by atoms with Crippen molar-refractivity contribution < 1.29 is 14.7 Å². The Balaban J connectivity index is 2.22. The lowest BCUT2D eigenvalue weighted by atomic mass is 10.1. The molecule has 1 aromatic rings. The average Bonchev–Trinajstić information content (AvgIpc) is 2.54. The van der Waals surface area contributed by atoms with Crippen LogP contribution in [-0.2, 0) is 4.79 Å². The first kappa shape index (κ1) is 20.7. The normalized spacial score (nSPS) is 10.6. The van der Waals surface area contributed by atoms with Crippen molar-refractivity contribution in [1.29, 1.82) is 0 Å². The Morgan fingerprint density at radius 3 is 2.17 bits per heavy atom. The maximum atomic E-state index is 12.0. The maximum absolute atomic E-state index is 12.0. The molecule has 1 aromatic carbocycles. The van der Waals surface area contributed by atoms with Crippen LogP contribution in [0, 0.1) is 0 Å². The van der Waals surface area contributed by atoms with Crippen LogP contribution < -0.4 is 5.32 Å². The smallest absolute Gasteiger partial charge is 0.337 e. The highest BCUT2D eigenvalue weighted by molar-refractivity contribution is 9.10. The summed E-state index contributed by atoms with van der Waals surface area (Å²) in [6.45, 7) is 2.22. The van der Waals surface area contributed by atoms with Crippen molar-refractivity contribution in [3.05, 3.63) is 28.2 Å². The predicted molar refractivity (Wildman–Crippen MR) is 102 cm³/mol. The summed E-state index contributed by atoms with van der Waals surface area (Å²) in [5.41, 5.74) is 0.455. The van der Waals surface area contributed by atoms with E-state index in [2.05, 4.69) is 28.2 Å². The van der Waals surface area contributed by atoms with Crippen LogP contribution in [0.3, 0.4) is 0 Å². The van der Waals surface area contributed by atoms with Gasteiger partial charge in [0.2, 0.25) is 5.91 Å². The number of rotatable bonds is 12. The number of hydrogen-bond acceptors (Lipinski definition) is 2. The molecule has 5 heteroatoms. The summed E-state index contributed by atoms with van der Waals surface area (Å²) in [4.78, 5) is 23.2. The van der Waals surface area contributed by atoms with Crippen molar-refractivity contribution in [1.82, 2.24) is 0 Å². The number of carbonyl (C=O) groups excluding carboxylic acids is 1. The van der Waals surface area contributed by atoms with Crippen molar-refractivity contribution >= 4 is 33.5 Å². The van der Waals surface area contributed by atoms with Gasteiger partial charge in [0.1, 0.15) is 0 Å². The van der Waals surface area contributed by atoms with E-state index in [9.17, 15) is 14.7 Å². The maximum Gasteiger partial charge on any atom is 0.337 e. The molecule has 0 aliphatic rings. The zero-order valence-electron chi connectivity index (χ0n) is 14.4. The number of carbonyl (C=O) groups is 2. The van der Waals surface area contributed by atoms with E-state index in [1.165, 1.54) is 44.6 Å². The molecule has 0 heterocycles. The summed E-state index contributed by atoms with van der Waals surface area (Å²) < 4.78 is 0.678. The van der Waals surface area contributed by atoms with Gasteiger partial charge < -0.3 is 10.4 Å². The molecule has 0 bridgehead atoms. The second-order valence-corrected chi connectivity index (χ2v) is 7.04. The molecule has 0 fully saturated rings. The molecule has 0 spiro atoms. The molecule has 134 valence electrons. The fourth-order valence-corrected chi connectivity index (χ4v) is 2.97. The van der Waals surface area contributed by atoms with Gasteiger partial charge in [0.15, 0.2) is 0 Å². The molecule has 0 aliphatic carbocycles. The van der Waals surface area contributed by atoms with Crippen LogP contribution in [0.4, 0.5) is 5.69 Å². The Morgan fingerprint density at radius 2 is 1.58 bits per heavy atom. The molecule has 24 heavy (non-hydrogen) atoms. The zero-order chi connectivity index (χ0) is 17.8. The van der Waals surface area contributed by atoms with Crippen LogP contribution in [0.1, 0.15) is 81.5 Å². The first-order valence-corrected chi connectivity index (χ1v) is 9.66. The van der Waals surface area contributed by atoms with E-state index in [0.29, 0.717) is 16.6 Å². The Morgan fingerprint density at radius 1 is 1.00 bits per heavy atom. The second kappa shape index (κ2) is 12.1. The molecule has 0 aromatic heterocycles. The number of carboxylic acid groups (broad SMARTS) is 1. The number of nitrogens with one attached hydrogen (secondary N) is 1. The molecule has 0 saturated carbocycles. The van der Waals surface area contributed by atoms with Gasteiger partial charge in [-0.3, -0.25) is 4.79 Å². The largest absolute Gasteiger partial charge is 0.478 e. The van der Waals surface area contributed by atoms with Crippen LogP contribution in [0.15, 0.2) is 22.7 Å². The first-order valence-electron chi connectivity index (χ1n) is 8.87. The highest BCUT2D eigenvalue weighted by Gasteiger charge is 2.12. The van der Waals surface area contributed by atoms with Crippen LogP contribution in [0.5, 0.6) is 0 Å². The third-order valence-electron chi connectivity index (χ3n) is 3.99. The molecular formula is C19H28BrNO3. The summed E-state index contributed by atoms with van der Waals surface area (Å²) in [6, 6.07) is 4.83. The van der Waals surface area contributed by atoms with Gasteiger partial charge in [-0.1, -0.05) is 74.2 Å². The molecule has 0 saturated heterocycles. The molecule has 1 rings (SSSR count). The Hall–Kier alpha value is -1.36. The van der Waals surface area contributed by atoms with Crippen LogP contribution in [0.25, 0.3) is 0 Å². The van der Waals surface area contributed by atoms with Crippen molar-refractivity contribution in [2.45, 2.75) is 71.1 Å². The lowest BCUT2D eigenvalue weighted by molar-refractivity contribution is -0.116. The topological polar surface area (TPSA) is 66.4 Å². The first-order chi connectivity index (χ1) is 11.5. The zero-order valence-corrected chi connectivity index (χ0v) is 16.0. The summed E-state index contributed by atoms with van der Waals surface area (Å²) in [5.74, 6) is -1.17. The van der Waals surface area contributed by atoms with Gasteiger partial charge in [0.25, 0.3) is 0 Å². The molecule has 0 aliphatic heterocycles. The minimum Gasteiger partial charge on any atom is -0.478 e. The third-order valence-corrected chi connectivity index (χ3v) is 4.49. The van der Waals surface area contributed by atoms with Gasteiger partial charge in [-0.25, -0.2) is 4.79 Å². The quantitative estimate of drug-likeness (QED) is 0.424. The molecule has 0 atom stereocenters. The van der Waals surface area contributed by atoms with Gasteiger partial charge in [0, 0.05) is 10.9 Å². The molecule has 0 radical (unpaired) electrons. The number of unbranched alkanes of at least 4 members (excludes halogenated alkanes) is 8. The highest BCUT2D eigenvalue weighted by atomic mass is 79.9. The van der Waals surface area contributed by atoms with Gasteiger partial charge in [-0.2, -0.15) is 0 Å². The second-order valence-electron chi connectivity index (χ2n) is 6.12. The van der Waals surface area contributed by atoms with E-state index in [0.717, 1.165) is 19.3 Å². The number of benzene rings is 1. The molecular weight excluding hydrogens is 370 g/mol. The summed E-state index contributed by atoms with van der Waals surface area (Å²) in [7, 11) is 0. The van der Waals surface area contributed by atoms with Gasteiger partial charge in [0.05, 0.1) is 11.3 Å². The minimum atomic E-state index is -1.05. The van der Waals surface area contributed by atoms with Crippen molar-refractivity contribution in [2.75, 3.05) is 5.32 Å². The summed E-state index contributed by atoms with van der Waals surface area (Å²) in [6.07, 6.45) is 11.3. The van der Waals surface area contributed by atoms with Crippen molar-refractivity contribution in [2.24, 2.45) is 0 Å². The molecule has 4 nitrogen and oxygen atoms in total. The number of carboxylic acids is 1. The Labute approximate surface area is 153 Å². The van der Waals surface area contributed by atoms with E-state index in [1.54, 1.807) is 12.1 Å². The lowest BCUT2D eigenvalue weighted by Crippen LogP contribution is -2.14. The number of amides is 1. The SMILES string of the molecule is CCCCCCCCCCCC(=O)Nc1ccc(Br)cc1C(=O)O. The fraction of sp³-hybridized carbons (Fsp3) is 0.579. The number of anilines is 1. The van der Waals surface area contributed by atoms with Gasteiger partial charge >= 0.3 is 5.97 Å². The van der Waals surface area contributed by atoms with Crippen molar-refractivity contribution in [3.8, 4) is 0 Å². The number of hydrogen-bond donors (Lipinski definition) is 2. The fourth-order valence-electron chi connectivity index (χ4n) is 2.61.